The van der Waals surface area contributed by atoms with Gasteiger partial charge in [0.05, 0.1) is 5.69 Å². The number of hydrogen-bond donors (Lipinski definition) is 1. The van der Waals surface area contributed by atoms with Crippen molar-refractivity contribution < 1.29 is 14.3 Å². The molecule has 1 saturated heterocycles. The van der Waals surface area contributed by atoms with E-state index in [1.807, 2.05) is 27.0 Å². The zero-order valence-electron chi connectivity index (χ0n) is 23.8. The molecule has 7 heteroatoms. The number of carboxylic acids is 1. The summed E-state index contributed by atoms with van der Waals surface area (Å²) in [5, 5.41) is 14.8. The minimum Gasteiger partial charge on any atom is -0.480 e. The molecule has 0 unspecified atom stereocenters. The standard InChI is InChI=1S/C31H45FN4O2/c1-6-36-29-26(21(4)33-36)10-11-31(29)12-14-35(15-13-31)19-23-17-25(34(5)28(20(2)3)30(37)38)18-27(23)22-8-7-9-24(32)16-22/h7-9,16,20,23,25,27-28H,6,10-15,17-19H2,1-5H3,(H,37,38)/t23-,25+,27-,28-/m1/s1. The van der Waals surface area contributed by atoms with Gasteiger partial charge in [-0.25, -0.2) is 4.39 Å². The maximum Gasteiger partial charge on any atom is 0.321 e. The summed E-state index contributed by atoms with van der Waals surface area (Å²) in [6, 6.07) is 6.74. The average Bonchev–Trinajstić information content (AvgIpc) is 3.55. The second kappa shape index (κ2) is 10.7. The van der Waals surface area contributed by atoms with Gasteiger partial charge in [-0.15, -0.1) is 0 Å². The monoisotopic (exact) mass is 524 g/mol. The second-order valence-electron chi connectivity index (χ2n) is 12.5. The van der Waals surface area contributed by atoms with Crippen LogP contribution in [0.25, 0.3) is 0 Å². The molecular weight excluding hydrogens is 479 g/mol. The van der Waals surface area contributed by atoms with Crippen molar-refractivity contribution in [3.05, 3.63) is 52.6 Å². The summed E-state index contributed by atoms with van der Waals surface area (Å²) in [7, 11) is 1.97. The molecule has 6 nitrogen and oxygen atoms in total. The van der Waals surface area contributed by atoms with E-state index in [-0.39, 0.29) is 29.1 Å². The first kappa shape index (κ1) is 27.3. The Labute approximate surface area is 227 Å². The first-order valence-corrected chi connectivity index (χ1v) is 14.6. The van der Waals surface area contributed by atoms with E-state index >= 15 is 0 Å². The molecule has 2 aliphatic carbocycles. The van der Waals surface area contributed by atoms with Gasteiger partial charge in [-0.2, -0.15) is 5.10 Å². The maximum atomic E-state index is 14.3. The molecule has 1 aliphatic heterocycles. The molecule has 0 amide bonds. The number of hydrogen-bond acceptors (Lipinski definition) is 4. The SMILES string of the molecule is CCn1nc(C)c2c1C1(CC2)CCN(C[C@H]2C[C@H](N(C)[C@@H](C(=O)O)C(C)C)C[C@@H]2c2cccc(F)c2)CC1. The first-order chi connectivity index (χ1) is 18.1. The second-order valence-corrected chi connectivity index (χ2v) is 12.5. The third kappa shape index (κ3) is 4.92. The quantitative estimate of drug-likeness (QED) is 0.512. The number of likely N-dealkylation sites (N-methyl/N-ethyl adjacent to an activating group) is 1. The molecule has 4 atom stereocenters. The Bertz CT molecular complexity index is 1150. The molecule has 1 spiro atoms. The normalized spacial score (nSPS) is 25.9. The summed E-state index contributed by atoms with van der Waals surface area (Å²) in [4.78, 5) is 16.8. The number of rotatable bonds is 8. The topological polar surface area (TPSA) is 61.6 Å². The van der Waals surface area contributed by atoms with Gasteiger partial charge >= 0.3 is 5.97 Å². The van der Waals surface area contributed by atoms with Crippen molar-refractivity contribution in [2.75, 3.05) is 26.7 Å². The number of aryl methyl sites for hydroxylation is 2. The van der Waals surface area contributed by atoms with E-state index in [4.69, 9.17) is 5.10 Å². The number of carbonyl (C=O) groups is 1. The fraction of sp³-hybridized carbons (Fsp3) is 0.677. The van der Waals surface area contributed by atoms with E-state index in [1.165, 1.54) is 42.3 Å². The molecule has 3 aliphatic rings. The Balaban J connectivity index is 1.32. The Morgan fingerprint density at radius 2 is 1.97 bits per heavy atom. The molecule has 1 aromatic carbocycles. The number of benzene rings is 1. The van der Waals surface area contributed by atoms with Gasteiger partial charge < -0.3 is 10.0 Å². The molecule has 2 fully saturated rings. The van der Waals surface area contributed by atoms with Crippen LogP contribution in [0.1, 0.15) is 81.3 Å². The van der Waals surface area contributed by atoms with Gasteiger partial charge in [0.25, 0.3) is 0 Å². The summed E-state index contributed by atoms with van der Waals surface area (Å²) >= 11 is 0. The third-order valence-electron chi connectivity index (χ3n) is 10.1. The number of piperidine rings is 1. The van der Waals surface area contributed by atoms with Gasteiger partial charge in [0, 0.05) is 30.2 Å². The van der Waals surface area contributed by atoms with E-state index in [0.29, 0.717) is 5.92 Å². The fourth-order valence-electron chi connectivity index (χ4n) is 8.14. The predicted molar refractivity (Wildman–Crippen MR) is 148 cm³/mol. The lowest BCUT2D eigenvalue weighted by atomic mass is 9.75. The average molecular weight is 525 g/mol. The molecule has 1 saturated carbocycles. The lowest BCUT2D eigenvalue weighted by molar-refractivity contribution is -0.145. The van der Waals surface area contributed by atoms with Gasteiger partial charge in [-0.1, -0.05) is 26.0 Å². The van der Waals surface area contributed by atoms with Gasteiger partial charge in [-0.05, 0) is 114 Å². The molecule has 2 aromatic rings. The summed E-state index contributed by atoms with van der Waals surface area (Å²) in [6.45, 7) is 12.4. The van der Waals surface area contributed by atoms with Gasteiger partial charge in [0.2, 0.25) is 0 Å². The van der Waals surface area contributed by atoms with Crippen LogP contribution < -0.4 is 0 Å². The van der Waals surface area contributed by atoms with E-state index in [1.54, 1.807) is 6.07 Å². The number of carboxylic acid groups (broad SMARTS) is 1. The Morgan fingerprint density at radius 3 is 2.61 bits per heavy atom. The minimum absolute atomic E-state index is 0.0268. The van der Waals surface area contributed by atoms with Crippen LogP contribution in [0.4, 0.5) is 4.39 Å². The smallest absolute Gasteiger partial charge is 0.321 e. The van der Waals surface area contributed by atoms with Crippen molar-refractivity contribution in [3.8, 4) is 0 Å². The third-order valence-corrected chi connectivity index (χ3v) is 10.1. The highest BCUT2D eigenvalue weighted by atomic mass is 19.1. The van der Waals surface area contributed by atoms with Crippen molar-refractivity contribution in [1.82, 2.24) is 19.6 Å². The number of aromatic nitrogens is 2. The van der Waals surface area contributed by atoms with Crippen LogP contribution in [0.3, 0.4) is 0 Å². The van der Waals surface area contributed by atoms with Crippen molar-refractivity contribution in [1.29, 1.82) is 0 Å². The Hall–Kier alpha value is -2.25. The molecule has 38 heavy (non-hydrogen) atoms. The van der Waals surface area contributed by atoms with Crippen LogP contribution >= 0.6 is 0 Å². The van der Waals surface area contributed by atoms with E-state index < -0.39 is 12.0 Å². The first-order valence-electron chi connectivity index (χ1n) is 14.6. The largest absolute Gasteiger partial charge is 0.480 e. The highest BCUT2D eigenvalue weighted by Gasteiger charge is 2.46. The number of likely N-dealkylation sites (tertiary alicyclic amines) is 1. The van der Waals surface area contributed by atoms with E-state index in [0.717, 1.165) is 51.0 Å². The van der Waals surface area contributed by atoms with Crippen LogP contribution in [0.2, 0.25) is 0 Å². The molecule has 5 rings (SSSR count). The zero-order chi connectivity index (χ0) is 27.2. The van der Waals surface area contributed by atoms with E-state index in [2.05, 4.69) is 34.4 Å². The summed E-state index contributed by atoms with van der Waals surface area (Å²) < 4.78 is 16.5. The van der Waals surface area contributed by atoms with Gasteiger partial charge in [0.1, 0.15) is 11.9 Å². The summed E-state index contributed by atoms with van der Waals surface area (Å²) in [6.07, 6.45) is 6.54. The number of fused-ring (bicyclic) bond motifs is 2. The maximum absolute atomic E-state index is 14.3. The Kier molecular flexibility index (Phi) is 7.71. The van der Waals surface area contributed by atoms with Crippen LogP contribution in [0, 0.1) is 24.6 Å². The summed E-state index contributed by atoms with van der Waals surface area (Å²) in [5.41, 5.74) is 5.52. The molecule has 208 valence electrons. The molecular formula is C31H45FN4O2. The fourth-order valence-corrected chi connectivity index (χ4v) is 8.14. The zero-order valence-corrected chi connectivity index (χ0v) is 23.8. The van der Waals surface area contributed by atoms with Crippen LogP contribution in [0.15, 0.2) is 24.3 Å². The minimum atomic E-state index is -0.757. The number of halogens is 1. The predicted octanol–water partition coefficient (Wildman–Crippen LogP) is 5.23. The molecule has 1 aromatic heterocycles. The number of aliphatic carboxylic acids is 1. The Morgan fingerprint density at radius 1 is 1.24 bits per heavy atom. The van der Waals surface area contributed by atoms with Crippen molar-refractivity contribution in [3.63, 3.8) is 0 Å². The van der Waals surface area contributed by atoms with Gasteiger partial charge in [0.15, 0.2) is 0 Å². The lowest BCUT2D eigenvalue weighted by Crippen LogP contribution is -2.47. The van der Waals surface area contributed by atoms with Gasteiger partial charge in [-0.3, -0.25) is 14.4 Å². The van der Waals surface area contributed by atoms with Crippen LogP contribution in [0.5, 0.6) is 0 Å². The van der Waals surface area contributed by atoms with E-state index in [9.17, 15) is 14.3 Å². The van der Waals surface area contributed by atoms with Crippen LogP contribution in [-0.4, -0.2) is 69.4 Å². The van der Waals surface area contributed by atoms with Crippen molar-refractivity contribution in [2.45, 2.75) is 96.2 Å². The number of nitrogens with zero attached hydrogens (tertiary/aromatic N) is 4. The molecule has 1 N–H and O–H groups in total. The highest BCUT2D eigenvalue weighted by molar-refractivity contribution is 5.73. The molecule has 2 heterocycles. The molecule has 0 bridgehead atoms. The summed E-state index contributed by atoms with van der Waals surface area (Å²) in [5.74, 6) is -0.310. The van der Waals surface area contributed by atoms with Crippen LogP contribution in [-0.2, 0) is 23.2 Å². The van der Waals surface area contributed by atoms with Crippen molar-refractivity contribution in [2.24, 2.45) is 11.8 Å². The van der Waals surface area contributed by atoms with Crippen molar-refractivity contribution >= 4 is 5.97 Å². The molecule has 0 radical (unpaired) electrons. The lowest BCUT2D eigenvalue weighted by Gasteiger charge is -2.41. The highest BCUT2D eigenvalue weighted by Crippen LogP contribution is 2.48.